The van der Waals surface area contributed by atoms with Gasteiger partial charge in [0.2, 0.25) is 5.91 Å². The zero-order valence-electron chi connectivity index (χ0n) is 21.4. The van der Waals surface area contributed by atoms with Crippen molar-refractivity contribution in [1.82, 2.24) is 5.32 Å². The van der Waals surface area contributed by atoms with Gasteiger partial charge in [0.25, 0.3) is 10.0 Å². The van der Waals surface area contributed by atoms with Crippen LogP contribution in [0.25, 0.3) is 0 Å². The first-order valence-electron chi connectivity index (χ1n) is 11.6. The summed E-state index contributed by atoms with van der Waals surface area (Å²) in [5, 5.41) is 2.82. The number of hydrogen-bond acceptors (Lipinski definition) is 7. The number of ether oxygens (including phenoxy) is 4. The summed E-state index contributed by atoms with van der Waals surface area (Å²) in [5.41, 5.74) is 1.41. The summed E-state index contributed by atoms with van der Waals surface area (Å²) < 4.78 is 49.3. The highest BCUT2D eigenvalue weighted by Crippen LogP contribution is 2.32. The molecule has 1 amide bonds. The zero-order valence-corrected chi connectivity index (χ0v) is 22.2. The number of nitrogens with zero attached hydrogens (tertiary/aromatic N) is 1. The van der Waals surface area contributed by atoms with Crippen molar-refractivity contribution < 1.29 is 32.2 Å². The van der Waals surface area contributed by atoms with Crippen molar-refractivity contribution in [1.29, 1.82) is 0 Å². The van der Waals surface area contributed by atoms with Gasteiger partial charge in [-0.05, 0) is 54.8 Å². The number of anilines is 1. The maximum Gasteiger partial charge on any atom is 0.264 e. The first kappa shape index (κ1) is 27.7. The van der Waals surface area contributed by atoms with Gasteiger partial charge in [-0.2, -0.15) is 0 Å². The molecule has 10 heteroatoms. The van der Waals surface area contributed by atoms with Gasteiger partial charge in [-0.25, -0.2) is 8.42 Å². The number of amides is 1. The quantitative estimate of drug-likeness (QED) is 0.338. The summed E-state index contributed by atoms with van der Waals surface area (Å²) in [6.07, 6.45) is 1.36. The lowest BCUT2D eigenvalue weighted by Crippen LogP contribution is -2.41. The molecule has 0 aliphatic carbocycles. The Balaban J connectivity index is 1.70. The summed E-state index contributed by atoms with van der Waals surface area (Å²) in [7, 11) is 1.98. The Bertz CT molecular complexity index is 1300. The minimum atomic E-state index is -4.08. The molecule has 0 unspecified atom stereocenters. The molecule has 0 saturated heterocycles. The van der Waals surface area contributed by atoms with Crippen LogP contribution in [0, 0.1) is 0 Å². The first-order valence-corrected chi connectivity index (χ1v) is 13.1. The molecule has 1 N–H and O–H groups in total. The number of para-hydroxylation sites is 1. The van der Waals surface area contributed by atoms with E-state index in [1.807, 2.05) is 18.2 Å². The average molecular weight is 529 g/mol. The lowest BCUT2D eigenvalue weighted by molar-refractivity contribution is -0.119. The number of sulfonamides is 1. The zero-order chi connectivity index (χ0) is 26.8. The van der Waals surface area contributed by atoms with Crippen LogP contribution in [-0.2, 0) is 21.2 Å². The van der Waals surface area contributed by atoms with E-state index in [1.165, 1.54) is 32.4 Å². The first-order chi connectivity index (χ1) is 17.8. The molecule has 0 spiro atoms. The molecular formula is C27H32N2O7S. The molecule has 37 heavy (non-hydrogen) atoms. The van der Waals surface area contributed by atoms with Crippen molar-refractivity contribution in [2.75, 3.05) is 45.8 Å². The van der Waals surface area contributed by atoms with Gasteiger partial charge in [0.15, 0.2) is 23.0 Å². The third kappa shape index (κ3) is 6.85. The second-order valence-electron chi connectivity index (χ2n) is 8.01. The Morgan fingerprint density at radius 2 is 1.38 bits per heavy atom. The van der Waals surface area contributed by atoms with Crippen molar-refractivity contribution in [3.63, 3.8) is 0 Å². The van der Waals surface area contributed by atoms with Crippen LogP contribution in [0.2, 0.25) is 0 Å². The largest absolute Gasteiger partial charge is 0.493 e. The lowest BCUT2D eigenvalue weighted by atomic mass is 10.1. The molecule has 0 aromatic heterocycles. The monoisotopic (exact) mass is 528 g/mol. The third-order valence-corrected chi connectivity index (χ3v) is 7.46. The van der Waals surface area contributed by atoms with Crippen LogP contribution in [0.1, 0.15) is 12.0 Å². The Morgan fingerprint density at radius 3 is 2.00 bits per heavy atom. The van der Waals surface area contributed by atoms with Crippen LogP contribution >= 0.6 is 0 Å². The highest BCUT2D eigenvalue weighted by Gasteiger charge is 2.28. The summed E-state index contributed by atoms with van der Waals surface area (Å²) in [5.74, 6) is 1.55. The van der Waals surface area contributed by atoms with Crippen LogP contribution in [0.4, 0.5) is 5.69 Å². The summed E-state index contributed by atoms with van der Waals surface area (Å²) in [4.78, 5) is 12.8. The molecule has 0 atom stereocenters. The Labute approximate surface area is 218 Å². The van der Waals surface area contributed by atoms with Crippen LogP contribution in [0.5, 0.6) is 23.0 Å². The topological polar surface area (TPSA) is 103 Å². The van der Waals surface area contributed by atoms with Gasteiger partial charge in [-0.15, -0.1) is 0 Å². The smallest absolute Gasteiger partial charge is 0.264 e. The molecule has 0 radical (unpaired) electrons. The number of aryl methyl sites for hydroxylation is 1. The molecule has 0 heterocycles. The highest BCUT2D eigenvalue weighted by molar-refractivity contribution is 7.92. The molecule has 3 aromatic rings. The fraction of sp³-hybridized carbons (Fsp3) is 0.296. The number of rotatable bonds is 13. The van der Waals surface area contributed by atoms with E-state index >= 15 is 0 Å². The fourth-order valence-corrected chi connectivity index (χ4v) is 5.19. The van der Waals surface area contributed by atoms with Crippen LogP contribution in [0.3, 0.4) is 0 Å². The van der Waals surface area contributed by atoms with Crippen molar-refractivity contribution in [2.24, 2.45) is 0 Å². The molecule has 3 rings (SSSR count). The van der Waals surface area contributed by atoms with E-state index in [1.54, 1.807) is 44.6 Å². The van der Waals surface area contributed by atoms with Crippen molar-refractivity contribution in [3.8, 4) is 23.0 Å². The van der Waals surface area contributed by atoms with Gasteiger partial charge in [-0.3, -0.25) is 9.10 Å². The molecule has 0 saturated carbocycles. The minimum Gasteiger partial charge on any atom is -0.493 e. The summed E-state index contributed by atoms with van der Waals surface area (Å²) in [6, 6.07) is 18.5. The minimum absolute atomic E-state index is 0.0183. The molecule has 9 nitrogen and oxygen atoms in total. The fourth-order valence-electron chi connectivity index (χ4n) is 3.76. The molecular weight excluding hydrogens is 496 g/mol. The van der Waals surface area contributed by atoms with E-state index in [4.69, 9.17) is 18.9 Å². The van der Waals surface area contributed by atoms with E-state index in [0.29, 0.717) is 42.3 Å². The van der Waals surface area contributed by atoms with Crippen LogP contribution in [0.15, 0.2) is 71.6 Å². The van der Waals surface area contributed by atoms with E-state index in [9.17, 15) is 13.2 Å². The summed E-state index contributed by atoms with van der Waals surface area (Å²) in [6.45, 7) is 0.00324. The molecule has 3 aromatic carbocycles. The van der Waals surface area contributed by atoms with Gasteiger partial charge in [0, 0.05) is 12.6 Å². The van der Waals surface area contributed by atoms with Crippen LogP contribution < -0.4 is 28.6 Å². The second-order valence-corrected chi connectivity index (χ2v) is 9.87. The Hall–Kier alpha value is -3.92. The predicted molar refractivity (Wildman–Crippen MR) is 141 cm³/mol. The molecule has 0 bridgehead atoms. The highest BCUT2D eigenvalue weighted by atomic mass is 32.2. The second kappa shape index (κ2) is 12.9. The van der Waals surface area contributed by atoms with Crippen molar-refractivity contribution in [3.05, 3.63) is 72.3 Å². The molecule has 198 valence electrons. The normalized spacial score (nSPS) is 10.9. The van der Waals surface area contributed by atoms with E-state index in [2.05, 4.69) is 5.32 Å². The van der Waals surface area contributed by atoms with E-state index in [-0.39, 0.29) is 17.2 Å². The number of benzene rings is 3. The van der Waals surface area contributed by atoms with Gasteiger partial charge in [-0.1, -0.05) is 24.3 Å². The number of hydrogen-bond donors (Lipinski definition) is 1. The van der Waals surface area contributed by atoms with Gasteiger partial charge in [0.05, 0.1) is 39.0 Å². The van der Waals surface area contributed by atoms with Gasteiger partial charge < -0.3 is 24.3 Å². The molecule has 0 aliphatic heterocycles. The molecule has 0 aliphatic rings. The number of nitrogens with one attached hydrogen (secondary N) is 1. The Kier molecular flexibility index (Phi) is 9.62. The molecule has 0 fully saturated rings. The maximum atomic E-state index is 13.6. The lowest BCUT2D eigenvalue weighted by Gasteiger charge is -2.24. The summed E-state index contributed by atoms with van der Waals surface area (Å²) >= 11 is 0. The Morgan fingerprint density at radius 1 is 0.784 bits per heavy atom. The standard InChI is InChI=1S/C27H32N2O7S/c1-33-23-14-12-20(17-25(23)35-3)9-8-16-28-27(30)19-29(21-10-6-5-7-11-21)37(31,32)22-13-15-24(34-2)26(18-22)36-4/h5-7,10-15,17-18H,8-9,16,19H2,1-4H3,(H,28,30). The van der Waals surface area contributed by atoms with Gasteiger partial charge in [0.1, 0.15) is 6.54 Å². The number of methoxy groups -OCH3 is 4. The van der Waals surface area contributed by atoms with Gasteiger partial charge >= 0.3 is 0 Å². The third-order valence-electron chi connectivity index (χ3n) is 5.69. The number of carbonyl (C=O) groups excluding carboxylic acids is 1. The maximum absolute atomic E-state index is 13.6. The van der Waals surface area contributed by atoms with Crippen LogP contribution in [-0.4, -0.2) is 55.9 Å². The van der Waals surface area contributed by atoms with E-state index in [0.717, 1.165) is 9.87 Å². The SMILES string of the molecule is COc1ccc(CCCNC(=O)CN(c2ccccc2)S(=O)(=O)c2ccc(OC)c(OC)c2)cc1OC. The predicted octanol–water partition coefficient (Wildman–Crippen LogP) is 3.67. The average Bonchev–Trinajstić information content (AvgIpc) is 2.93. The van der Waals surface area contributed by atoms with Crippen molar-refractivity contribution in [2.45, 2.75) is 17.7 Å². The number of carbonyl (C=O) groups is 1. The van der Waals surface area contributed by atoms with Crippen molar-refractivity contribution >= 4 is 21.6 Å². The van der Waals surface area contributed by atoms with E-state index < -0.39 is 15.9 Å².